The van der Waals surface area contributed by atoms with Crippen LogP contribution < -0.4 is 0 Å². The van der Waals surface area contributed by atoms with Gasteiger partial charge in [0.1, 0.15) is 5.82 Å². The zero-order valence-corrected chi connectivity index (χ0v) is 15.2. The van der Waals surface area contributed by atoms with Gasteiger partial charge < -0.3 is 14.2 Å². The Labute approximate surface area is 156 Å². The van der Waals surface area contributed by atoms with E-state index < -0.39 is 0 Å². The molecule has 9 nitrogen and oxygen atoms in total. The maximum Gasteiger partial charge on any atom is 0.274 e. The van der Waals surface area contributed by atoms with Gasteiger partial charge in [-0.3, -0.25) is 4.79 Å². The van der Waals surface area contributed by atoms with Crippen LogP contribution in [0, 0.1) is 0 Å². The second-order valence-corrected chi connectivity index (χ2v) is 7.20. The molecule has 3 aromatic heterocycles. The topological polar surface area (TPSA) is 90.4 Å². The number of nitrogens with zero attached hydrogens (tertiary/aromatic N) is 7. The summed E-state index contributed by atoms with van der Waals surface area (Å²) in [6.45, 7) is 4.71. The largest absolute Gasteiger partial charge is 0.381 e. The number of hydrogen-bond acceptors (Lipinski definition) is 6. The van der Waals surface area contributed by atoms with E-state index in [9.17, 15) is 4.79 Å². The molecule has 0 radical (unpaired) electrons. The highest BCUT2D eigenvalue weighted by Crippen LogP contribution is 2.31. The van der Waals surface area contributed by atoms with Crippen LogP contribution in [0.25, 0.3) is 5.65 Å². The molecule has 27 heavy (non-hydrogen) atoms. The van der Waals surface area contributed by atoms with Gasteiger partial charge in [0.2, 0.25) is 0 Å². The average Bonchev–Trinajstić information content (AvgIpc) is 3.33. The van der Waals surface area contributed by atoms with Crippen molar-refractivity contribution in [3.8, 4) is 0 Å². The Morgan fingerprint density at radius 3 is 2.96 bits per heavy atom. The molecule has 9 heteroatoms. The van der Waals surface area contributed by atoms with E-state index in [0.717, 1.165) is 37.7 Å². The van der Waals surface area contributed by atoms with Crippen molar-refractivity contribution in [1.82, 2.24) is 34.3 Å². The van der Waals surface area contributed by atoms with Crippen molar-refractivity contribution in [2.45, 2.75) is 38.3 Å². The molecule has 2 aliphatic heterocycles. The summed E-state index contributed by atoms with van der Waals surface area (Å²) in [5, 5.41) is 13.1. The molecule has 2 aliphatic rings. The monoisotopic (exact) mass is 367 g/mol. The summed E-state index contributed by atoms with van der Waals surface area (Å²) >= 11 is 0. The molecule has 0 unspecified atom stereocenters. The van der Waals surface area contributed by atoms with Gasteiger partial charge in [-0.15, -0.1) is 10.2 Å². The van der Waals surface area contributed by atoms with Crippen molar-refractivity contribution < 1.29 is 9.53 Å². The van der Waals surface area contributed by atoms with E-state index in [2.05, 4.69) is 31.8 Å². The summed E-state index contributed by atoms with van der Waals surface area (Å²) in [7, 11) is 0. The highest BCUT2D eigenvalue weighted by molar-refractivity contribution is 5.93. The zero-order valence-electron chi connectivity index (χ0n) is 15.2. The molecule has 5 rings (SSSR count). The first-order valence-electron chi connectivity index (χ1n) is 9.32. The van der Waals surface area contributed by atoms with Crippen molar-refractivity contribution in [1.29, 1.82) is 0 Å². The van der Waals surface area contributed by atoms with Crippen LogP contribution >= 0.6 is 0 Å². The van der Waals surface area contributed by atoms with E-state index >= 15 is 0 Å². The molecule has 0 aromatic carbocycles. The highest BCUT2D eigenvalue weighted by atomic mass is 16.5. The third kappa shape index (κ3) is 2.69. The van der Waals surface area contributed by atoms with Crippen LogP contribution in [0.4, 0.5) is 0 Å². The number of carbonyl (C=O) groups is 1. The number of fused-ring (bicyclic) bond motifs is 2. The summed E-state index contributed by atoms with van der Waals surface area (Å²) < 4.78 is 9.27. The first kappa shape index (κ1) is 16.4. The minimum absolute atomic E-state index is 0.0880. The molecule has 140 valence electrons. The SMILES string of the molecule is C[C@H]1CN(C(=O)c2cnc3cccnn23)Cc2nnc(C3CCOCC3)n21. The number of amides is 1. The number of ether oxygens (including phenoxy) is 1. The van der Waals surface area contributed by atoms with Crippen LogP contribution in [0.2, 0.25) is 0 Å². The number of rotatable bonds is 2. The molecule has 5 heterocycles. The van der Waals surface area contributed by atoms with Gasteiger partial charge in [0, 0.05) is 31.9 Å². The molecule has 1 fully saturated rings. The highest BCUT2D eigenvalue weighted by Gasteiger charge is 2.33. The third-order valence-electron chi connectivity index (χ3n) is 5.42. The van der Waals surface area contributed by atoms with Crippen molar-refractivity contribution in [3.05, 3.63) is 41.9 Å². The van der Waals surface area contributed by atoms with Crippen molar-refractivity contribution in [2.24, 2.45) is 0 Å². The van der Waals surface area contributed by atoms with E-state index in [-0.39, 0.29) is 11.9 Å². The Hall–Kier alpha value is -2.81. The van der Waals surface area contributed by atoms with E-state index in [4.69, 9.17) is 4.74 Å². The molecule has 0 N–H and O–H groups in total. The van der Waals surface area contributed by atoms with Crippen LogP contribution in [0.15, 0.2) is 24.5 Å². The fraction of sp³-hybridized carbons (Fsp3) is 0.500. The first-order valence-corrected chi connectivity index (χ1v) is 9.32. The van der Waals surface area contributed by atoms with Gasteiger partial charge in [-0.2, -0.15) is 5.10 Å². The molecule has 0 aliphatic carbocycles. The number of carbonyl (C=O) groups excluding carboxylic acids is 1. The maximum atomic E-state index is 13.1. The molecule has 0 spiro atoms. The molecule has 3 aromatic rings. The maximum absolute atomic E-state index is 13.1. The molecule has 1 atom stereocenters. The Balaban J connectivity index is 1.43. The third-order valence-corrected chi connectivity index (χ3v) is 5.42. The number of hydrogen-bond donors (Lipinski definition) is 0. The molecular formula is C18H21N7O2. The Bertz CT molecular complexity index is 989. The summed E-state index contributed by atoms with van der Waals surface area (Å²) in [5.41, 5.74) is 1.13. The van der Waals surface area contributed by atoms with Gasteiger partial charge in [-0.25, -0.2) is 9.50 Å². The fourth-order valence-corrected chi connectivity index (χ4v) is 4.09. The molecule has 1 saturated heterocycles. The predicted octanol–water partition coefficient (Wildman–Crippen LogP) is 1.43. The lowest BCUT2D eigenvalue weighted by Gasteiger charge is -2.33. The van der Waals surface area contributed by atoms with E-state index in [1.54, 1.807) is 27.9 Å². The standard InChI is InChI=1S/C18H21N7O2/c1-12-10-23(18(26)14-9-19-15-3-2-6-20-25(14)15)11-16-21-22-17(24(12)16)13-4-7-27-8-5-13/h2-3,6,9,12-13H,4-5,7-8,10-11H2,1H3/t12-/m0/s1. The second kappa shape index (κ2) is 6.41. The van der Waals surface area contributed by atoms with Crippen LogP contribution in [0.1, 0.15) is 53.9 Å². The molecule has 0 saturated carbocycles. The van der Waals surface area contributed by atoms with Gasteiger partial charge in [-0.1, -0.05) is 0 Å². The normalized spacial score (nSPS) is 20.8. The summed E-state index contributed by atoms with van der Waals surface area (Å²) in [4.78, 5) is 19.2. The predicted molar refractivity (Wildman–Crippen MR) is 95.3 cm³/mol. The fourth-order valence-electron chi connectivity index (χ4n) is 4.09. The minimum atomic E-state index is -0.0880. The molecule has 0 bridgehead atoms. The second-order valence-electron chi connectivity index (χ2n) is 7.20. The Morgan fingerprint density at radius 1 is 1.26 bits per heavy atom. The summed E-state index contributed by atoms with van der Waals surface area (Å²) in [6.07, 6.45) is 5.19. The molecular weight excluding hydrogens is 346 g/mol. The van der Waals surface area contributed by atoms with Gasteiger partial charge in [-0.05, 0) is 31.9 Å². The molecule has 1 amide bonds. The van der Waals surface area contributed by atoms with Gasteiger partial charge in [0.15, 0.2) is 17.2 Å². The van der Waals surface area contributed by atoms with Crippen molar-refractivity contribution in [3.63, 3.8) is 0 Å². The van der Waals surface area contributed by atoms with Crippen LogP contribution in [-0.4, -0.2) is 59.9 Å². The number of aromatic nitrogens is 6. The zero-order chi connectivity index (χ0) is 18.4. The van der Waals surface area contributed by atoms with Crippen molar-refractivity contribution in [2.75, 3.05) is 19.8 Å². The number of imidazole rings is 1. The van der Waals surface area contributed by atoms with E-state index in [1.807, 2.05) is 6.07 Å². The average molecular weight is 367 g/mol. The minimum Gasteiger partial charge on any atom is -0.381 e. The lowest BCUT2D eigenvalue weighted by atomic mass is 9.99. The van der Waals surface area contributed by atoms with Gasteiger partial charge in [0.05, 0.1) is 18.8 Å². The van der Waals surface area contributed by atoms with E-state index in [0.29, 0.717) is 30.3 Å². The van der Waals surface area contributed by atoms with Gasteiger partial charge in [0.25, 0.3) is 5.91 Å². The summed E-state index contributed by atoms with van der Waals surface area (Å²) in [5.74, 6) is 2.16. The smallest absolute Gasteiger partial charge is 0.274 e. The summed E-state index contributed by atoms with van der Waals surface area (Å²) in [6, 6.07) is 3.76. The van der Waals surface area contributed by atoms with Gasteiger partial charge >= 0.3 is 0 Å². The van der Waals surface area contributed by atoms with Crippen molar-refractivity contribution >= 4 is 11.6 Å². The lowest BCUT2D eigenvalue weighted by molar-refractivity contribution is 0.0661. The van der Waals surface area contributed by atoms with Crippen LogP contribution in [0.3, 0.4) is 0 Å². The van der Waals surface area contributed by atoms with Crippen LogP contribution in [-0.2, 0) is 11.3 Å². The van der Waals surface area contributed by atoms with E-state index in [1.165, 1.54) is 0 Å². The first-order chi connectivity index (χ1) is 13.2. The Morgan fingerprint density at radius 2 is 2.11 bits per heavy atom. The Kier molecular flexibility index (Phi) is 3.89. The quantitative estimate of drug-likeness (QED) is 0.681. The van der Waals surface area contributed by atoms with Crippen LogP contribution in [0.5, 0.6) is 0 Å². The lowest BCUT2D eigenvalue weighted by Crippen LogP contribution is -2.41.